The monoisotopic (exact) mass is 480 g/mol. The van der Waals surface area contributed by atoms with E-state index in [4.69, 9.17) is 9.47 Å². The summed E-state index contributed by atoms with van der Waals surface area (Å²) in [5.41, 5.74) is 0. The molecule has 1 aromatic carbocycles. The number of benzene rings is 1. The maximum absolute atomic E-state index is 12.9. The van der Waals surface area contributed by atoms with E-state index in [2.05, 4.69) is 0 Å². The van der Waals surface area contributed by atoms with Crippen molar-refractivity contribution in [3.8, 4) is 5.75 Å². The normalized spacial score (nSPS) is 19.6. The molecule has 1 aromatic rings. The van der Waals surface area contributed by atoms with Gasteiger partial charge < -0.3 is 14.4 Å². The number of esters is 1. The molecule has 0 radical (unpaired) electrons. The van der Waals surface area contributed by atoms with Gasteiger partial charge in [-0.3, -0.25) is 9.59 Å². The predicted molar refractivity (Wildman–Crippen MR) is 124 cm³/mol. The first-order chi connectivity index (χ1) is 15.7. The molecule has 0 N–H and O–H groups in total. The quantitative estimate of drug-likeness (QED) is 0.531. The van der Waals surface area contributed by atoms with Gasteiger partial charge in [0.15, 0.2) is 6.10 Å². The molecule has 1 aliphatic heterocycles. The van der Waals surface area contributed by atoms with E-state index < -0.39 is 28.0 Å². The molecule has 33 heavy (non-hydrogen) atoms. The highest BCUT2D eigenvalue weighted by atomic mass is 32.2. The van der Waals surface area contributed by atoms with Gasteiger partial charge in [-0.05, 0) is 63.8 Å². The molecule has 0 aromatic heterocycles. The van der Waals surface area contributed by atoms with Gasteiger partial charge in [-0.25, -0.2) is 8.42 Å². The van der Waals surface area contributed by atoms with Crippen molar-refractivity contribution in [1.82, 2.24) is 9.21 Å². The zero-order valence-corrected chi connectivity index (χ0v) is 20.7. The molecule has 1 heterocycles. The fraction of sp³-hybridized carbons (Fsp3) is 0.667. The van der Waals surface area contributed by atoms with Gasteiger partial charge in [0.25, 0.3) is 5.91 Å². The second kappa shape index (κ2) is 11.3. The van der Waals surface area contributed by atoms with Crippen molar-refractivity contribution in [3.63, 3.8) is 0 Å². The topological polar surface area (TPSA) is 93.2 Å². The molecule has 0 bridgehead atoms. The predicted octanol–water partition coefficient (Wildman–Crippen LogP) is 3.21. The first-order valence-corrected chi connectivity index (χ1v) is 13.4. The SMILES string of the molecule is CCOc1ccc(S(=O)(=O)N2CCC(C(=O)O[C@@H](C)C(=O)N(C)C3CCCCC3)CC2)cc1. The Hall–Kier alpha value is -2.13. The summed E-state index contributed by atoms with van der Waals surface area (Å²) in [4.78, 5) is 27.3. The van der Waals surface area contributed by atoms with E-state index in [0.29, 0.717) is 25.2 Å². The van der Waals surface area contributed by atoms with Gasteiger partial charge in [-0.1, -0.05) is 19.3 Å². The Morgan fingerprint density at radius 1 is 1.06 bits per heavy atom. The van der Waals surface area contributed by atoms with Crippen molar-refractivity contribution in [3.05, 3.63) is 24.3 Å². The fourth-order valence-electron chi connectivity index (χ4n) is 4.61. The van der Waals surface area contributed by atoms with Gasteiger partial charge in [0.05, 0.1) is 17.4 Å². The second-order valence-electron chi connectivity index (χ2n) is 8.90. The number of carbonyl (C=O) groups excluding carboxylic acids is 2. The Kier molecular flexibility index (Phi) is 8.75. The van der Waals surface area contributed by atoms with Crippen LogP contribution in [0.15, 0.2) is 29.2 Å². The summed E-state index contributed by atoms with van der Waals surface area (Å²) in [7, 11) is -1.85. The van der Waals surface area contributed by atoms with Gasteiger partial charge in [-0.2, -0.15) is 4.31 Å². The molecule has 1 aliphatic carbocycles. The fourth-order valence-corrected chi connectivity index (χ4v) is 6.08. The standard InChI is InChI=1S/C24H36N2O6S/c1-4-31-21-10-12-22(13-11-21)33(29,30)26-16-14-19(15-17-26)24(28)32-18(2)23(27)25(3)20-8-6-5-7-9-20/h10-13,18-20H,4-9,14-17H2,1-3H3/t18-/m0/s1. The molecular weight excluding hydrogens is 444 g/mol. The van der Waals surface area contributed by atoms with Crippen molar-refractivity contribution in [2.45, 2.75) is 75.8 Å². The van der Waals surface area contributed by atoms with Gasteiger partial charge in [0.2, 0.25) is 10.0 Å². The molecule has 184 valence electrons. The van der Waals surface area contributed by atoms with Crippen LogP contribution in [0, 0.1) is 5.92 Å². The minimum Gasteiger partial charge on any atom is -0.494 e. The largest absolute Gasteiger partial charge is 0.494 e. The lowest BCUT2D eigenvalue weighted by Gasteiger charge is -2.33. The Morgan fingerprint density at radius 3 is 2.24 bits per heavy atom. The van der Waals surface area contributed by atoms with Crippen LogP contribution < -0.4 is 4.74 Å². The maximum atomic E-state index is 12.9. The lowest BCUT2D eigenvalue weighted by Crippen LogP contribution is -2.45. The number of ether oxygens (including phenoxy) is 2. The number of carbonyl (C=O) groups is 2. The molecule has 1 saturated heterocycles. The van der Waals surface area contributed by atoms with E-state index in [1.54, 1.807) is 31.0 Å². The van der Waals surface area contributed by atoms with Crippen LogP contribution in [0.25, 0.3) is 0 Å². The minimum atomic E-state index is -3.64. The van der Waals surface area contributed by atoms with Crippen LogP contribution in [0.3, 0.4) is 0 Å². The molecule has 0 spiro atoms. The highest BCUT2D eigenvalue weighted by Crippen LogP contribution is 2.27. The number of piperidine rings is 1. The van der Waals surface area contributed by atoms with Crippen LogP contribution in [0.4, 0.5) is 0 Å². The van der Waals surface area contributed by atoms with E-state index in [1.807, 2.05) is 6.92 Å². The Morgan fingerprint density at radius 2 is 1.67 bits per heavy atom. The summed E-state index contributed by atoms with van der Waals surface area (Å²) in [5, 5.41) is 0. The van der Waals surface area contributed by atoms with Crippen molar-refractivity contribution in [1.29, 1.82) is 0 Å². The number of rotatable bonds is 8. The summed E-state index contributed by atoms with van der Waals surface area (Å²) in [5.74, 6) is -0.389. The molecule has 3 rings (SSSR count). The van der Waals surface area contributed by atoms with Crippen molar-refractivity contribution in [2.75, 3.05) is 26.7 Å². The molecule has 1 atom stereocenters. The van der Waals surface area contributed by atoms with Gasteiger partial charge in [-0.15, -0.1) is 0 Å². The van der Waals surface area contributed by atoms with Crippen LogP contribution in [-0.4, -0.2) is 68.4 Å². The molecular formula is C24H36N2O6S. The zero-order chi connectivity index (χ0) is 24.0. The van der Waals surface area contributed by atoms with Gasteiger partial charge >= 0.3 is 5.97 Å². The van der Waals surface area contributed by atoms with Crippen LogP contribution >= 0.6 is 0 Å². The van der Waals surface area contributed by atoms with Crippen molar-refractivity contribution in [2.24, 2.45) is 5.92 Å². The van der Waals surface area contributed by atoms with E-state index >= 15 is 0 Å². The Labute approximate surface area is 197 Å². The lowest BCUT2D eigenvalue weighted by molar-refractivity contribution is -0.164. The first-order valence-electron chi connectivity index (χ1n) is 11.9. The maximum Gasteiger partial charge on any atom is 0.309 e. The summed E-state index contributed by atoms with van der Waals surface area (Å²) in [6, 6.07) is 6.57. The highest BCUT2D eigenvalue weighted by molar-refractivity contribution is 7.89. The van der Waals surface area contributed by atoms with E-state index in [9.17, 15) is 18.0 Å². The van der Waals surface area contributed by atoms with E-state index in [0.717, 1.165) is 25.7 Å². The number of nitrogens with zero attached hydrogens (tertiary/aromatic N) is 2. The zero-order valence-electron chi connectivity index (χ0n) is 19.9. The number of amides is 1. The van der Waals surface area contributed by atoms with Crippen LogP contribution in [0.1, 0.15) is 58.8 Å². The minimum absolute atomic E-state index is 0.175. The highest BCUT2D eigenvalue weighted by Gasteiger charge is 2.35. The third kappa shape index (κ3) is 6.26. The first kappa shape index (κ1) is 25.5. The lowest BCUT2D eigenvalue weighted by atomic mass is 9.94. The average molecular weight is 481 g/mol. The molecule has 2 fully saturated rings. The number of sulfonamides is 1. The summed E-state index contributed by atoms with van der Waals surface area (Å²) >= 11 is 0. The Balaban J connectivity index is 1.51. The molecule has 9 heteroatoms. The summed E-state index contributed by atoms with van der Waals surface area (Å²) in [6.07, 6.45) is 5.33. The van der Waals surface area contributed by atoms with Crippen LogP contribution in [0.5, 0.6) is 5.75 Å². The van der Waals surface area contributed by atoms with Crippen LogP contribution in [0.2, 0.25) is 0 Å². The average Bonchev–Trinajstić information content (AvgIpc) is 2.84. The summed E-state index contributed by atoms with van der Waals surface area (Å²) in [6.45, 7) is 4.46. The number of hydrogen-bond acceptors (Lipinski definition) is 6. The molecule has 2 aliphatic rings. The molecule has 8 nitrogen and oxygen atoms in total. The molecule has 0 unspecified atom stereocenters. The smallest absolute Gasteiger partial charge is 0.309 e. The van der Waals surface area contributed by atoms with Crippen molar-refractivity contribution >= 4 is 21.9 Å². The number of likely N-dealkylation sites (N-methyl/N-ethyl adjacent to an activating group) is 1. The molecule has 1 amide bonds. The Bertz CT molecular complexity index is 903. The third-order valence-electron chi connectivity index (χ3n) is 6.67. The van der Waals surface area contributed by atoms with E-state index in [-0.39, 0.29) is 29.9 Å². The third-order valence-corrected chi connectivity index (χ3v) is 8.58. The summed E-state index contributed by atoms with van der Waals surface area (Å²) < 4.78 is 38.2. The van der Waals surface area contributed by atoms with E-state index in [1.165, 1.54) is 22.9 Å². The van der Waals surface area contributed by atoms with Gasteiger partial charge in [0.1, 0.15) is 5.75 Å². The number of hydrogen-bond donors (Lipinski definition) is 0. The second-order valence-corrected chi connectivity index (χ2v) is 10.8. The van der Waals surface area contributed by atoms with Crippen LogP contribution in [-0.2, 0) is 24.3 Å². The van der Waals surface area contributed by atoms with Crippen molar-refractivity contribution < 1.29 is 27.5 Å². The van der Waals surface area contributed by atoms with Gasteiger partial charge in [0, 0.05) is 26.2 Å². The molecule has 1 saturated carbocycles.